The molecule has 0 bridgehead atoms. The second kappa shape index (κ2) is 19.4. The van der Waals surface area contributed by atoms with E-state index in [-0.39, 0.29) is 0 Å². The highest BCUT2D eigenvalue weighted by molar-refractivity contribution is 6.78. The van der Waals surface area contributed by atoms with Crippen LogP contribution in [0.3, 0.4) is 0 Å². The van der Waals surface area contributed by atoms with Crippen molar-refractivity contribution in [1.82, 2.24) is 0 Å². The lowest BCUT2D eigenvalue weighted by molar-refractivity contribution is 0.675. The van der Waals surface area contributed by atoms with Crippen LogP contribution >= 0.6 is 0 Å². The van der Waals surface area contributed by atoms with E-state index in [1.165, 1.54) is 262 Å². The zero-order valence-corrected chi connectivity index (χ0v) is 55.4. The molecule has 0 saturated heterocycles. The molecule has 0 atom stereocenters. The fourth-order valence-electron chi connectivity index (χ4n) is 16.6. The van der Waals surface area contributed by atoms with E-state index < -0.39 is 0 Å². The maximum absolute atomic E-state index is 7.34. The van der Waals surface area contributed by atoms with Crippen molar-refractivity contribution >= 4 is 475 Å². The molecule has 0 aliphatic heterocycles. The van der Waals surface area contributed by atoms with Crippen LogP contribution in [0.4, 0.5) is 0 Å². The Bertz CT molecular complexity index is 4850. The Morgan fingerprint density at radius 3 is 0.654 bits per heavy atom. The third-order valence-corrected chi connectivity index (χ3v) is 23.5. The highest BCUT2D eigenvalue weighted by atomic mass is 16.3. The van der Waals surface area contributed by atoms with Crippen LogP contribution in [0.25, 0.3) is 109 Å². The van der Waals surface area contributed by atoms with E-state index in [4.69, 9.17) is 4.42 Å². The molecule has 0 unspecified atom stereocenters. The minimum atomic E-state index is 1.02. The average molecular weight is 1000 g/mol. The molecule has 0 N–H and O–H groups in total. The van der Waals surface area contributed by atoms with E-state index in [1.54, 1.807) is 0 Å². The summed E-state index contributed by atoms with van der Waals surface area (Å²) < 4.78 is 7.34. The van der Waals surface area contributed by atoms with Crippen LogP contribution in [-0.4, -0.2) is 235 Å². The van der Waals surface area contributed by atoms with Crippen molar-refractivity contribution in [3.8, 4) is 33.4 Å². The lowest BCUT2D eigenvalue weighted by Gasteiger charge is -2.33. The van der Waals surface area contributed by atoms with Gasteiger partial charge in [-0.3, -0.25) is 0 Å². The van der Waals surface area contributed by atoms with E-state index in [0.717, 1.165) is 11.2 Å². The summed E-state index contributed by atoms with van der Waals surface area (Å²) in [5, 5.41) is 16.5. The van der Waals surface area contributed by atoms with Crippen LogP contribution < -0.4 is 164 Å². The lowest BCUT2D eigenvalue weighted by atomic mass is 9.55. The first-order valence-electron chi connectivity index (χ1n) is 30.2. The minimum absolute atomic E-state index is 1.02. The minimum Gasteiger partial charge on any atom is -0.457 e. The van der Waals surface area contributed by atoms with E-state index in [0.29, 0.717) is 0 Å². The van der Waals surface area contributed by atoms with E-state index in [2.05, 4.69) is 235 Å². The van der Waals surface area contributed by atoms with Crippen LogP contribution in [0, 0.1) is 0 Å². The van der Waals surface area contributed by atoms with Gasteiger partial charge in [-0.05, 0) is 92.7 Å². The fraction of sp³-hybridized carbons (Fsp3) is 0. The van der Waals surface area contributed by atoms with Gasteiger partial charge in [0.1, 0.15) is 247 Å². The normalized spacial score (nSPS) is 12.0. The van der Waals surface area contributed by atoms with Crippen molar-refractivity contribution in [2.45, 2.75) is 0 Å². The maximum atomic E-state index is 7.34. The highest BCUT2D eigenvalue weighted by Gasteiger charge is 2.33. The van der Waals surface area contributed by atoms with Gasteiger partial charge in [-0.25, -0.2) is 0 Å². The zero-order valence-electron chi connectivity index (χ0n) is 55.4. The molecule has 1 aromatic heterocycles. The van der Waals surface area contributed by atoms with Crippen LogP contribution in [0.1, 0.15) is 0 Å². The molecule has 11 rings (SSSR count). The number of fused-ring (bicyclic) bond motifs is 8. The molecule has 356 valence electrons. The third-order valence-electron chi connectivity index (χ3n) is 23.5. The first kappa shape index (κ1) is 58.0. The summed E-state index contributed by atoms with van der Waals surface area (Å²) >= 11 is 0. The Morgan fingerprint density at radius 1 is 0.111 bits per heavy atom. The van der Waals surface area contributed by atoms with Gasteiger partial charge in [0, 0.05) is 10.8 Å². The van der Waals surface area contributed by atoms with Crippen molar-refractivity contribution in [1.29, 1.82) is 0 Å². The van der Waals surface area contributed by atoms with Crippen LogP contribution in [0.15, 0.2) is 4.42 Å². The largest absolute Gasteiger partial charge is 0.457 e. The summed E-state index contributed by atoms with van der Waals surface area (Å²) in [5.41, 5.74) is 51.4. The molecule has 0 spiro atoms. The van der Waals surface area contributed by atoms with Crippen molar-refractivity contribution < 1.29 is 4.42 Å². The number of rotatable bonds is 3. The molecule has 1 nitrogen and oxygen atoms in total. The molecule has 0 aliphatic rings. The zero-order chi connectivity index (χ0) is 59.6. The van der Waals surface area contributed by atoms with Crippen molar-refractivity contribution in [2.24, 2.45) is 0 Å². The van der Waals surface area contributed by atoms with Gasteiger partial charge in [0.05, 0.1) is 0 Å². The summed E-state index contributed by atoms with van der Waals surface area (Å²) in [5.74, 6) is 0. The fourth-order valence-corrected chi connectivity index (χ4v) is 16.6. The van der Waals surface area contributed by atoms with Gasteiger partial charge in [-0.1, -0.05) is 104 Å². The Balaban J connectivity index is 1.42. The Labute approximate surface area is 509 Å². The Hall–Kier alpha value is -4.75. The first-order chi connectivity index (χ1) is 37.8. The van der Waals surface area contributed by atoms with Gasteiger partial charge < -0.3 is 4.42 Å². The van der Waals surface area contributed by atoms with Gasteiger partial charge in [0.15, 0.2) is 0 Å². The van der Waals surface area contributed by atoms with Crippen LogP contribution in [-0.2, 0) is 0 Å². The molecule has 0 amide bonds. The molecular formula is C50H60B30O. The monoisotopic (exact) mass is 1010 g/mol. The topological polar surface area (TPSA) is 13.1 Å². The molecule has 0 aliphatic carbocycles. The predicted molar refractivity (Wildman–Crippen MR) is 463 cm³/mol. The summed E-state index contributed by atoms with van der Waals surface area (Å²) in [6.45, 7) is 0. The van der Waals surface area contributed by atoms with E-state index in [9.17, 15) is 0 Å². The number of benzene rings is 10. The third kappa shape index (κ3) is 7.30. The number of hydrogen-bond acceptors (Lipinski definition) is 1. The van der Waals surface area contributed by atoms with Gasteiger partial charge in [0.25, 0.3) is 0 Å². The number of hydrogen-bond donors (Lipinski definition) is 0. The standard InChI is InChI=1S/C50H60B30O/c51-19-12(30(62)31(63)15-13(19)32(64)44(76)46(78)34(15)66)10-9-8(28(60)42(74)43(75)29(9)61)5(22(54)23(10)55)1-3-6(26(58)40(72)38(70)24(3)56)2(7-4(1)25(57)39(71)41(73)27(7)59)11-20(52)18-17-21(53)14-16(35(67)47(79)45(77)33(14)65)37(69)49(17)81-50(18)48(80)36(11)68/h51-80H2. The van der Waals surface area contributed by atoms with Gasteiger partial charge in [0.2, 0.25) is 0 Å². The molecule has 31 heteroatoms. The van der Waals surface area contributed by atoms with E-state index in [1.807, 2.05) is 0 Å². The van der Waals surface area contributed by atoms with Crippen molar-refractivity contribution in [3.63, 3.8) is 0 Å². The van der Waals surface area contributed by atoms with Crippen molar-refractivity contribution in [3.05, 3.63) is 0 Å². The van der Waals surface area contributed by atoms with Gasteiger partial charge >= 0.3 is 0 Å². The molecule has 11 aromatic rings. The van der Waals surface area contributed by atoms with Crippen LogP contribution in [0.5, 0.6) is 0 Å². The molecule has 1 heterocycles. The summed E-state index contributed by atoms with van der Waals surface area (Å²) in [6.07, 6.45) is 0. The highest BCUT2D eigenvalue weighted by Crippen LogP contribution is 2.42. The lowest BCUT2D eigenvalue weighted by Crippen LogP contribution is -2.53. The SMILES string of the molecule is Bc1c(-c2c3c(B)c(B)c(B)c(B)c3c(-c3c(B)c(B)c(-c4c(B)c(B)c5c(B)c(B)c(B)c(B)c5c4B)c4c(B)c(B)c(B)c(B)c34)c3c(B)c(B)c(B)c(B)c23)c(B)c2c(oc3c(B)c4c(B)c(B)c(B)c(B)c4c(B)c32)c1B. The molecular weight excluding hydrogens is 941 g/mol. The number of furan rings is 1. The summed E-state index contributed by atoms with van der Waals surface area (Å²) in [4.78, 5) is 0. The quantitative estimate of drug-likeness (QED) is 0.127. The van der Waals surface area contributed by atoms with Gasteiger partial charge in [-0.15, -0.1) is 54.6 Å². The Kier molecular flexibility index (Phi) is 13.9. The average Bonchev–Trinajstić information content (AvgIpc) is 4.07. The summed E-state index contributed by atoms with van der Waals surface area (Å²) in [6, 6.07) is 0. The van der Waals surface area contributed by atoms with Crippen LogP contribution in [0.2, 0.25) is 0 Å². The molecule has 0 radical (unpaired) electrons. The second-order valence-corrected chi connectivity index (χ2v) is 26.3. The second-order valence-electron chi connectivity index (χ2n) is 26.3. The van der Waals surface area contributed by atoms with E-state index >= 15 is 0 Å². The van der Waals surface area contributed by atoms with Gasteiger partial charge in [-0.2, -0.15) is 0 Å². The Morgan fingerprint density at radius 2 is 0.296 bits per heavy atom. The maximum Gasteiger partial charge on any atom is 0.145 e. The molecule has 0 saturated carbocycles. The molecule has 0 fully saturated rings. The molecule has 10 aromatic carbocycles. The summed E-state index contributed by atoms with van der Waals surface area (Å²) in [7, 11) is 71.6. The molecule has 81 heavy (non-hydrogen) atoms. The first-order valence-corrected chi connectivity index (χ1v) is 30.2. The smallest absolute Gasteiger partial charge is 0.145 e. The van der Waals surface area contributed by atoms with Crippen molar-refractivity contribution in [2.75, 3.05) is 0 Å². The predicted octanol–water partition coefficient (Wildman–Crippen LogP) is -37.9.